The lowest BCUT2D eigenvalue weighted by Crippen LogP contribution is -2.40. The fourth-order valence-electron chi connectivity index (χ4n) is 3.06. The van der Waals surface area contributed by atoms with Gasteiger partial charge in [-0.3, -0.25) is 5.32 Å². The second kappa shape index (κ2) is 5.80. The Balaban J connectivity index is 1.58. The van der Waals surface area contributed by atoms with Gasteiger partial charge in [-0.05, 0) is 37.1 Å². The Morgan fingerprint density at radius 3 is 2.76 bits per heavy atom. The van der Waals surface area contributed by atoms with Gasteiger partial charge in [-0.2, -0.15) is 9.61 Å². The van der Waals surface area contributed by atoms with Crippen LogP contribution in [0.15, 0.2) is 30.5 Å². The van der Waals surface area contributed by atoms with Crippen molar-refractivity contribution in [3.8, 4) is 0 Å². The maximum absolute atomic E-state index is 14.0. The molecule has 6 nitrogen and oxygen atoms in total. The smallest absolute Gasteiger partial charge is 0.320 e. The van der Waals surface area contributed by atoms with Crippen LogP contribution in [0.1, 0.15) is 16.8 Å². The lowest BCUT2D eigenvalue weighted by atomic mass is 9.99. The number of fused-ring (bicyclic) bond motifs is 2. The molecule has 2 amide bonds. The summed E-state index contributed by atoms with van der Waals surface area (Å²) in [7, 11) is 0. The third kappa shape index (κ3) is 2.69. The Morgan fingerprint density at radius 1 is 1.20 bits per heavy atom. The van der Waals surface area contributed by atoms with Crippen molar-refractivity contribution < 1.29 is 13.6 Å². The third-order valence-corrected chi connectivity index (χ3v) is 4.30. The summed E-state index contributed by atoms with van der Waals surface area (Å²) in [5.41, 5.74) is 1.97. The van der Waals surface area contributed by atoms with Gasteiger partial charge < -0.3 is 4.90 Å². The van der Waals surface area contributed by atoms with Gasteiger partial charge in [-0.15, -0.1) is 0 Å². The normalized spacial score (nSPS) is 13.8. The predicted octanol–water partition coefficient (Wildman–Crippen LogP) is 2.91. The Morgan fingerprint density at radius 2 is 1.96 bits per heavy atom. The molecule has 8 heteroatoms. The molecule has 0 fully saturated rings. The van der Waals surface area contributed by atoms with Crippen molar-refractivity contribution in [2.75, 3.05) is 11.9 Å². The van der Waals surface area contributed by atoms with Gasteiger partial charge in [0.25, 0.3) is 0 Å². The number of halogens is 2. The van der Waals surface area contributed by atoms with Crippen LogP contribution in [-0.2, 0) is 13.0 Å². The number of hydrogen-bond donors (Lipinski definition) is 1. The molecule has 3 heterocycles. The SMILES string of the molecule is Cc1cc2nccc(NC(=O)N3CCc4c(F)ccc(F)c4C3)n2n1. The fourth-order valence-corrected chi connectivity index (χ4v) is 3.06. The minimum atomic E-state index is -0.497. The van der Waals surface area contributed by atoms with E-state index in [1.807, 2.05) is 6.92 Å². The zero-order chi connectivity index (χ0) is 17.6. The molecule has 0 aliphatic carbocycles. The number of aromatic nitrogens is 3. The minimum absolute atomic E-state index is 0.0249. The van der Waals surface area contributed by atoms with Gasteiger partial charge in [-0.1, -0.05) is 0 Å². The van der Waals surface area contributed by atoms with Gasteiger partial charge >= 0.3 is 6.03 Å². The topological polar surface area (TPSA) is 62.5 Å². The van der Waals surface area contributed by atoms with Crippen LogP contribution in [0.3, 0.4) is 0 Å². The molecular formula is C17H15F2N5O. The van der Waals surface area contributed by atoms with Crippen LogP contribution < -0.4 is 5.32 Å². The number of hydrogen-bond acceptors (Lipinski definition) is 3. The molecule has 128 valence electrons. The first-order chi connectivity index (χ1) is 12.0. The Bertz CT molecular complexity index is 985. The van der Waals surface area contributed by atoms with Crippen LogP contribution in [0.4, 0.5) is 19.4 Å². The first kappa shape index (κ1) is 15.5. The fraction of sp³-hybridized carbons (Fsp3) is 0.235. The van der Waals surface area contributed by atoms with E-state index in [-0.39, 0.29) is 18.5 Å². The second-order valence-corrected chi connectivity index (χ2v) is 5.97. The van der Waals surface area contributed by atoms with E-state index < -0.39 is 17.7 Å². The molecule has 3 aromatic rings. The van der Waals surface area contributed by atoms with Gasteiger partial charge in [0.05, 0.1) is 12.2 Å². The first-order valence-electron chi connectivity index (χ1n) is 7.86. The van der Waals surface area contributed by atoms with E-state index in [1.54, 1.807) is 18.3 Å². The van der Waals surface area contributed by atoms with Gasteiger partial charge in [0.2, 0.25) is 0 Å². The van der Waals surface area contributed by atoms with Crippen LogP contribution in [0.25, 0.3) is 5.65 Å². The van der Waals surface area contributed by atoms with Crippen LogP contribution >= 0.6 is 0 Å². The zero-order valence-corrected chi connectivity index (χ0v) is 13.5. The molecule has 0 saturated heterocycles. The Kier molecular flexibility index (Phi) is 3.60. The van der Waals surface area contributed by atoms with E-state index in [1.165, 1.54) is 9.42 Å². The highest BCUT2D eigenvalue weighted by Gasteiger charge is 2.25. The van der Waals surface area contributed by atoms with E-state index in [0.717, 1.165) is 17.8 Å². The highest BCUT2D eigenvalue weighted by molar-refractivity contribution is 5.88. The van der Waals surface area contributed by atoms with E-state index in [4.69, 9.17) is 0 Å². The number of carbonyl (C=O) groups is 1. The molecule has 0 saturated carbocycles. The molecule has 1 aliphatic rings. The number of rotatable bonds is 1. The average molecular weight is 343 g/mol. The van der Waals surface area contributed by atoms with Crippen molar-refractivity contribution in [2.24, 2.45) is 0 Å². The van der Waals surface area contributed by atoms with Crippen LogP contribution in [-0.4, -0.2) is 32.1 Å². The lowest BCUT2D eigenvalue weighted by molar-refractivity contribution is 0.204. The molecule has 1 aromatic carbocycles. The van der Waals surface area contributed by atoms with Crippen molar-refractivity contribution in [2.45, 2.75) is 19.9 Å². The number of amides is 2. The van der Waals surface area contributed by atoms with E-state index in [0.29, 0.717) is 23.6 Å². The van der Waals surface area contributed by atoms with Gasteiger partial charge in [0, 0.05) is 24.4 Å². The summed E-state index contributed by atoms with van der Waals surface area (Å²) < 4.78 is 29.3. The van der Waals surface area contributed by atoms with Crippen molar-refractivity contribution >= 4 is 17.5 Å². The molecule has 4 rings (SSSR count). The summed E-state index contributed by atoms with van der Waals surface area (Å²) in [6, 6.07) is 5.25. The first-order valence-corrected chi connectivity index (χ1v) is 7.86. The highest BCUT2D eigenvalue weighted by atomic mass is 19.1. The number of nitrogens with zero attached hydrogens (tertiary/aromatic N) is 4. The van der Waals surface area contributed by atoms with Crippen LogP contribution in [0.2, 0.25) is 0 Å². The molecular weight excluding hydrogens is 328 g/mol. The molecule has 0 spiro atoms. The summed E-state index contributed by atoms with van der Waals surface area (Å²) in [5, 5.41) is 7.05. The van der Waals surface area contributed by atoms with Crippen LogP contribution in [0, 0.1) is 18.6 Å². The summed E-state index contributed by atoms with van der Waals surface area (Å²) in [6.45, 7) is 2.17. The minimum Gasteiger partial charge on any atom is -0.320 e. The maximum atomic E-state index is 14.0. The maximum Gasteiger partial charge on any atom is 0.323 e. The number of urea groups is 1. The largest absolute Gasteiger partial charge is 0.323 e. The van der Waals surface area contributed by atoms with Gasteiger partial charge in [-0.25, -0.2) is 18.6 Å². The van der Waals surface area contributed by atoms with Crippen molar-refractivity contribution in [3.05, 3.63) is 58.9 Å². The van der Waals surface area contributed by atoms with E-state index >= 15 is 0 Å². The molecule has 1 aliphatic heterocycles. The number of aryl methyl sites for hydroxylation is 1. The molecule has 0 radical (unpaired) electrons. The standard InChI is InChI=1S/C17H15F2N5O/c1-10-8-16-20-6-4-15(24(16)22-10)21-17(25)23-7-5-11-12(9-23)14(19)3-2-13(11)18/h2-4,6,8H,5,7,9H2,1H3,(H,21,25). The molecule has 0 bridgehead atoms. The third-order valence-electron chi connectivity index (χ3n) is 4.30. The number of carbonyl (C=O) groups excluding carboxylic acids is 1. The monoisotopic (exact) mass is 343 g/mol. The molecule has 2 aromatic heterocycles. The molecule has 1 N–H and O–H groups in total. The molecule has 25 heavy (non-hydrogen) atoms. The summed E-state index contributed by atoms with van der Waals surface area (Å²) >= 11 is 0. The molecule has 0 atom stereocenters. The average Bonchev–Trinajstić information content (AvgIpc) is 2.99. The second-order valence-electron chi connectivity index (χ2n) is 5.97. The molecule has 0 unspecified atom stereocenters. The van der Waals surface area contributed by atoms with E-state index in [9.17, 15) is 13.6 Å². The highest BCUT2D eigenvalue weighted by Crippen LogP contribution is 2.25. The van der Waals surface area contributed by atoms with Gasteiger partial charge in [0.1, 0.15) is 17.5 Å². The summed E-state index contributed by atoms with van der Waals surface area (Å²) in [4.78, 5) is 18.2. The zero-order valence-electron chi connectivity index (χ0n) is 13.5. The Hall–Kier alpha value is -3.03. The van der Waals surface area contributed by atoms with Gasteiger partial charge in [0.15, 0.2) is 5.65 Å². The van der Waals surface area contributed by atoms with Crippen molar-refractivity contribution in [3.63, 3.8) is 0 Å². The lowest BCUT2D eigenvalue weighted by Gasteiger charge is -2.29. The van der Waals surface area contributed by atoms with Crippen molar-refractivity contribution in [1.82, 2.24) is 19.5 Å². The quantitative estimate of drug-likeness (QED) is 0.739. The summed E-state index contributed by atoms with van der Waals surface area (Å²) in [6.07, 6.45) is 1.85. The number of anilines is 1. The Labute approximate surface area is 142 Å². The number of benzene rings is 1. The van der Waals surface area contributed by atoms with E-state index in [2.05, 4.69) is 15.4 Å². The number of nitrogens with one attached hydrogen (secondary N) is 1. The predicted molar refractivity (Wildman–Crippen MR) is 87.2 cm³/mol. The van der Waals surface area contributed by atoms with Crippen LogP contribution in [0.5, 0.6) is 0 Å². The summed E-state index contributed by atoms with van der Waals surface area (Å²) in [5.74, 6) is -0.462. The van der Waals surface area contributed by atoms with Crippen molar-refractivity contribution in [1.29, 1.82) is 0 Å².